The molecular formula is C17H29IN6O2S. The molecular weight excluding hydrogens is 479 g/mol. The van der Waals surface area contributed by atoms with E-state index in [1.165, 1.54) is 9.78 Å². The van der Waals surface area contributed by atoms with E-state index in [1.807, 2.05) is 27.0 Å². The molecule has 3 amide bonds. The number of hydrogen-bond acceptors (Lipinski definition) is 5. The van der Waals surface area contributed by atoms with E-state index in [2.05, 4.69) is 25.9 Å². The third-order valence-corrected chi connectivity index (χ3v) is 5.19. The van der Waals surface area contributed by atoms with E-state index >= 15 is 0 Å². The van der Waals surface area contributed by atoms with Crippen molar-refractivity contribution in [1.29, 1.82) is 0 Å². The number of rotatable bonds is 8. The molecule has 1 saturated heterocycles. The summed E-state index contributed by atoms with van der Waals surface area (Å²) in [6.07, 6.45) is 3.08. The average molecular weight is 508 g/mol. The largest absolute Gasteiger partial charge is 0.357 e. The molecule has 152 valence electrons. The van der Waals surface area contributed by atoms with E-state index < -0.39 is 5.54 Å². The van der Waals surface area contributed by atoms with Gasteiger partial charge < -0.3 is 16.0 Å². The van der Waals surface area contributed by atoms with Crippen LogP contribution < -0.4 is 16.0 Å². The molecule has 1 aromatic rings. The van der Waals surface area contributed by atoms with Gasteiger partial charge in [-0.15, -0.1) is 35.3 Å². The number of aromatic nitrogens is 1. The highest BCUT2D eigenvalue weighted by molar-refractivity contribution is 14.0. The Labute approximate surface area is 181 Å². The van der Waals surface area contributed by atoms with Gasteiger partial charge in [0.2, 0.25) is 0 Å². The second-order valence-corrected chi connectivity index (χ2v) is 7.73. The number of aliphatic imine (C=N–C) groups is 1. The van der Waals surface area contributed by atoms with Crippen LogP contribution in [0.25, 0.3) is 0 Å². The van der Waals surface area contributed by atoms with Crippen molar-refractivity contribution in [2.75, 3.05) is 19.6 Å². The summed E-state index contributed by atoms with van der Waals surface area (Å²) in [7, 11) is 0. The van der Waals surface area contributed by atoms with Crippen molar-refractivity contribution < 1.29 is 9.59 Å². The van der Waals surface area contributed by atoms with Gasteiger partial charge in [0.1, 0.15) is 10.5 Å². The molecule has 27 heavy (non-hydrogen) atoms. The second-order valence-electron chi connectivity index (χ2n) is 6.41. The maximum atomic E-state index is 12.3. The molecule has 8 nitrogen and oxygen atoms in total. The third-order valence-electron chi connectivity index (χ3n) is 4.29. The van der Waals surface area contributed by atoms with Gasteiger partial charge >= 0.3 is 6.03 Å². The highest BCUT2D eigenvalue weighted by Gasteiger charge is 2.45. The Hall–Kier alpha value is -1.43. The number of aryl methyl sites for hydroxylation is 1. The van der Waals surface area contributed by atoms with Crippen molar-refractivity contribution in [1.82, 2.24) is 25.8 Å². The number of imide groups is 1. The fourth-order valence-corrected chi connectivity index (χ4v) is 3.31. The van der Waals surface area contributed by atoms with E-state index in [9.17, 15) is 9.59 Å². The number of halogens is 1. The first-order chi connectivity index (χ1) is 12.4. The van der Waals surface area contributed by atoms with Gasteiger partial charge in [-0.3, -0.25) is 9.69 Å². The van der Waals surface area contributed by atoms with Crippen LogP contribution in [0, 0.1) is 6.92 Å². The Morgan fingerprint density at radius 1 is 1.37 bits per heavy atom. The van der Waals surface area contributed by atoms with Crippen molar-refractivity contribution in [3.8, 4) is 0 Å². The lowest BCUT2D eigenvalue weighted by Gasteiger charge is -2.19. The number of carbonyl (C=O) groups is 2. The molecule has 3 N–H and O–H groups in total. The Morgan fingerprint density at radius 3 is 2.67 bits per heavy atom. The first kappa shape index (κ1) is 23.6. The molecule has 0 spiro atoms. The normalized spacial score (nSPS) is 19.7. The summed E-state index contributed by atoms with van der Waals surface area (Å²) in [5.74, 6) is 0.556. The minimum absolute atomic E-state index is 0. The van der Waals surface area contributed by atoms with E-state index in [1.54, 1.807) is 18.3 Å². The molecule has 2 rings (SSSR count). The smallest absolute Gasteiger partial charge is 0.325 e. The Kier molecular flexibility index (Phi) is 9.43. The van der Waals surface area contributed by atoms with Gasteiger partial charge in [-0.25, -0.2) is 14.8 Å². The summed E-state index contributed by atoms with van der Waals surface area (Å²) in [5.41, 5.74) is -0.771. The zero-order valence-electron chi connectivity index (χ0n) is 16.3. The van der Waals surface area contributed by atoms with Crippen molar-refractivity contribution in [3.63, 3.8) is 0 Å². The number of guanidine groups is 1. The predicted molar refractivity (Wildman–Crippen MR) is 119 cm³/mol. The monoisotopic (exact) mass is 508 g/mol. The topological polar surface area (TPSA) is 98.7 Å². The van der Waals surface area contributed by atoms with Gasteiger partial charge in [0.05, 0.1) is 6.54 Å². The Balaban J connectivity index is 0.00000364. The first-order valence-corrected chi connectivity index (χ1v) is 9.79. The van der Waals surface area contributed by atoms with Crippen LogP contribution in [0.15, 0.2) is 11.2 Å². The zero-order valence-corrected chi connectivity index (χ0v) is 19.4. The maximum absolute atomic E-state index is 12.3. The number of urea groups is 1. The van der Waals surface area contributed by atoms with Gasteiger partial charge in [0.25, 0.3) is 5.91 Å². The minimum Gasteiger partial charge on any atom is -0.357 e. The lowest BCUT2D eigenvalue weighted by Crippen LogP contribution is -2.43. The highest BCUT2D eigenvalue weighted by atomic mass is 127. The highest BCUT2D eigenvalue weighted by Crippen LogP contribution is 2.20. The Morgan fingerprint density at radius 2 is 2.11 bits per heavy atom. The second kappa shape index (κ2) is 10.8. The number of thiazole rings is 1. The summed E-state index contributed by atoms with van der Waals surface area (Å²) in [4.78, 5) is 35.6. The number of carbonyl (C=O) groups excluding carboxylic acids is 2. The van der Waals surface area contributed by atoms with Crippen LogP contribution in [0.5, 0.6) is 0 Å². The van der Waals surface area contributed by atoms with Crippen LogP contribution >= 0.6 is 35.3 Å². The molecule has 1 aromatic heterocycles. The van der Waals surface area contributed by atoms with Crippen LogP contribution in [0.2, 0.25) is 0 Å². The van der Waals surface area contributed by atoms with Crippen molar-refractivity contribution in [2.24, 2.45) is 4.99 Å². The van der Waals surface area contributed by atoms with Crippen LogP contribution in [-0.4, -0.2) is 53.0 Å². The van der Waals surface area contributed by atoms with Gasteiger partial charge in [-0.2, -0.15) is 0 Å². The average Bonchev–Trinajstić information content (AvgIpc) is 3.12. The van der Waals surface area contributed by atoms with E-state index in [0.717, 1.165) is 11.6 Å². The molecule has 0 radical (unpaired) electrons. The van der Waals surface area contributed by atoms with Crippen molar-refractivity contribution in [3.05, 3.63) is 16.1 Å². The summed E-state index contributed by atoms with van der Waals surface area (Å²) in [6, 6.07) is -0.306. The van der Waals surface area contributed by atoms with Crippen LogP contribution in [0.1, 0.15) is 43.5 Å². The molecule has 1 aliphatic heterocycles. The molecule has 0 bridgehead atoms. The Bertz CT molecular complexity index is 680. The summed E-state index contributed by atoms with van der Waals surface area (Å²) >= 11 is 1.63. The number of amides is 3. The SMILES string of the molecule is CCNC(=NCc1ncc(C)s1)NCCCN1C(=O)NC(C)(CC)C1=O.I. The quantitative estimate of drug-likeness (QED) is 0.165. The van der Waals surface area contributed by atoms with E-state index in [0.29, 0.717) is 38.4 Å². The fraction of sp³-hybridized carbons (Fsp3) is 0.647. The molecule has 1 atom stereocenters. The van der Waals surface area contributed by atoms with Crippen LogP contribution in [0.4, 0.5) is 4.79 Å². The predicted octanol–water partition coefficient (Wildman–Crippen LogP) is 2.24. The third kappa shape index (κ3) is 6.30. The summed E-state index contributed by atoms with van der Waals surface area (Å²) in [5, 5.41) is 10.2. The van der Waals surface area contributed by atoms with E-state index in [4.69, 9.17) is 0 Å². The van der Waals surface area contributed by atoms with Crippen LogP contribution in [-0.2, 0) is 11.3 Å². The molecule has 0 aromatic carbocycles. The fourth-order valence-electron chi connectivity index (χ4n) is 2.60. The minimum atomic E-state index is -0.771. The zero-order chi connectivity index (χ0) is 19.2. The molecule has 0 aliphatic carbocycles. The molecule has 1 aliphatic rings. The first-order valence-electron chi connectivity index (χ1n) is 8.97. The van der Waals surface area contributed by atoms with Crippen LogP contribution in [0.3, 0.4) is 0 Å². The molecule has 1 fully saturated rings. The number of hydrogen-bond donors (Lipinski definition) is 3. The molecule has 2 heterocycles. The molecule has 1 unspecified atom stereocenters. The lowest BCUT2D eigenvalue weighted by atomic mass is 9.99. The standard InChI is InChI=1S/C17H28N6O2S.HI/c1-5-17(4)14(24)23(16(25)22-17)9-7-8-19-15(18-6-2)21-11-13-20-10-12(3)26-13;/h10H,5-9,11H2,1-4H3,(H,22,25)(H2,18,19,21);1H. The van der Waals surface area contributed by atoms with Crippen molar-refractivity contribution >= 4 is 53.2 Å². The van der Waals surface area contributed by atoms with Gasteiger partial charge in [0, 0.05) is 30.7 Å². The molecule has 0 saturated carbocycles. The van der Waals surface area contributed by atoms with Crippen molar-refractivity contribution in [2.45, 2.75) is 52.6 Å². The molecule has 10 heteroatoms. The summed E-state index contributed by atoms with van der Waals surface area (Å²) < 4.78 is 0. The van der Waals surface area contributed by atoms with Gasteiger partial charge in [-0.05, 0) is 33.6 Å². The summed E-state index contributed by atoms with van der Waals surface area (Å²) in [6.45, 7) is 9.96. The number of nitrogens with zero attached hydrogens (tertiary/aromatic N) is 3. The lowest BCUT2D eigenvalue weighted by molar-refractivity contribution is -0.130. The number of nitrogens with one attached hydrogen (secondary N) is 3. The maximum Gasteiger partial charge on any atom is 0.325 e. The van der Waals surface area contributed by atoms with E-state index in [-0.39, 0.29) is 35.9 Å². The van der Waals surface area contributed by atoms with Gasteiger partial charge in [0.15, 0.2) is 5.96 Å². The van der Waals surface area contributed by atoms with Gasteiger partial charge in [-0.1, -0.05) is 6.92 Å².